The van der Waals surface area contributed by atoms with Crippen molar-refractivity contribution in [3.8, 4) is 0 Å². The average Bonchev–Trinajstić information content (AvgIpc) is 1.85. The Hall–Kier alpha value is -0.280. The number of carbonyl (C=O) groups excluding carboxylic acids is 2. The predicted octanol–water partition coefficient (Wildman–Crippen LogP) is 1.56. The minimum absolute atomic E-state index is 0.557. The summed E-state index contributed by atoms with van der Waals surface area (Å²) < 4.78 is 3.97. The summed E-state index contributed by atoms with van der Waals surface area (Å²) in [6, 6.07) is 0. The van der Waals surface area contributed by atoms with Crippen LogP contribution in [0.4, 0.5) is 0 Å². The second-order valence-electron chi connectivity index (χ2n) is 1.46. The highest BCUT2D eigenvalue weighted by atomic mass is 35.5. The molecule has 66 valence electrons. The Morgan fingerprint density at radius 3 is 1.36 bits per heavy atom. The lowest BCUT2D eigenvalue weighted by Crippen LogP contribution is -2.03. The van der Waals surface area contributed by atoms with Gasteiger partial charge in [0.05, 0.1) is 0 Å². The fourth-order valence-corrected chi connectivity index (χ4v) is 0.202. The standard InChI is InChI=1S/C4H6O3.C2H4Cl2/c1-3(5)7-4(2)6;3-1-2-4/h1-2H3;1-2H2. The minimum Gasteiger partial charge on any atom is -0.394 e. The van der Waals surface area contributed by atoms with Crippen LogP contribution in [-0.4, -0.2) is 23.7 Å². The molecule has 0 aliphatic carbocycles. The van der Waals surface area contributed by atoms with Crippen LogP contribution in [0, 0.1) is 0 Å². The zero-order valence-electron chi connectivity index (χ0n) is 6.39. The SMILES string of the molecule is CC(=O)OC(C)=O.ClCCCl. The maximum Gasteiger partial charge on any atom is 0.310 e. The van der Waals surface area contributed by atoms with E-state index in [-0.39, 0.29) is 0 Å². The van der Waals surface area contributed by atoms with Gasteiger partial charge in [0.15, 0.2) is 0 Å². The first-order valence-corrected chi connectivity index (χ1v) is 3.92. The van der Waals surface area contributed by atoms with Crippen LogP contribution in [0.3, 0.4) is 0 Å². The zero-order valence-corrected chi connectivity index (χ0v) is 7.91. The molecule has 0 rings (SSSR count). The molecule has 0 aliphatic heterocycles. The number of hydrogen-bond donors (Lipinski definition) is 0. The van der Waals surface area contributed by atoms with Crippen molar-refractivity contribution in [3.63, 3.8) is 0 Å². The van der Waals surface area contributed by atoms with Gasteiger partial charge in [0.1, 0.15) is 0 Å². The van der Waals surface area contributed by atoms with Gasteiger partial charge in [0.2, 0.25) is 0 Å². The normalized spacial score (nSPS) is 7.64. The maximum absolute atomic E-state index is 9.81. The number of hydrogen-bond acceptors (Lipinski definition) is 3. The summed E-state index contributed by atoms with van der Waals surface area (Å²) in [5.41, 5.74) is 0. The molecule has 0 aromatic rings. The first kappa shape index (κ1) is 13.3. The van der Waals surface area contributed by atoms with E-state index in [1.807, 2.05) is 0 Å². The van der Waals surface area contributed by atoms with E-state index in [0.717, 1.165) is 0 Å². The lowest BCUT2D eigenvalue weighted by Gasteiger charge is -1.87. The molecular formula is C6H10Cl2O3. The summed E-state index contributed by atoms with van der Waals surface area (Å²) >= 11 is 10.1. The Bertz CT molecular complexity index is 111. The Labute approximate surface area is 75.6 Å². The number of halogens is 2. The number of carbonyl (C=O) groups is 2. The third-order valence-electron chi connectivity index (χ3n) is 0.359. The van der Waals surface area contributed by atoms with Gasteiger partial charge in [0.25, 0.3) is 0 Å². The van der Waals surface area contributed by atoms with Crippen LogP contribution in [0.5, 0.6) is 0 Å². The molecule has 0 radical (unpaired) electrons. The van der Waals surface area contributed by atoms with Crippen LogP contribution in [0.1, 0.15) is 13.8 Å². The van der Waals surface area contributed by atoms with Crippen molar-refractivity contribution < 1.29 is 14.3 Å². The van der Waals surface area contributed by atoms with Crippen molar-refractivity contribution in [2.75, 3.05) is 11.8 Å². The number of rotatable bonds is 1. The van der Waals surface area contributed by atoms with Crippen molar-refractivity contribution in [2.24, 2.45) is 0 Å². The van der Waals surface area contributed by atoms with E-state index in [0.29, 0.717) is 11.8 Å². The van der Waals surface area contributed by atoms with Crippen LogP contribution in [0.2, 0.25) is 0 Å². The molecule has 0 spiro atoms. The molecule has 0 aliphatic rings. The smallest absolute Gasteiger partial charge is 0.310 e. The van der Waals surface area contributed by atoms with Crippen molar-refractivity contribution in [1.29, 1.82) is 0 Å². The summed E-state index contributed by atoms with van der Waals surface area (Å²) in [5.74, 6) is -0.0108. The van der Waals surface area contributed by atoms with Gasteiger partial charge in [-0.25, -0.2) is 0 Å². The zero-order chi connectivity index (χ0) is 9.28. The Kier molecular flexibility index (Phi) is 11.8. The third-order valence-corrected chi connectivity index (χ3v) is 0.930. The number of ether oxygens (including phenoxy) is 1. The molecule has 0 amide bonds. The van der Waals surface area contributed by atoms with E-state index in [1.54, 1.807) is 0 Å². The van der Waals surface area contributed by atoms with E-state index < -0.39 is 11.9 Å². The van der Waals surface area contributed by atoms with Gasteiger partial charge in [0, 0.05) is 25.6 Å². The average molecular weight is 201 g/mol. The van der Waals surface area contributed by atoms with E-state index >= 15 is 0 Å². The van der Waals surface area contributed by atoms with Crippen molar-refractivity contribution in [1.82, 2.24) is 0 Å². The highest BCUT2D eigenvalue weighted by molar-refractivity contribution is 6.25. The second kappa shape index (κ2) is 9.72. The summed E-state index contributed by atoms with van der Waals surface area (Å²) in [6.07, 6.45) is 0. The largest absolute Gasteiger partial charge is 0.394 e. The van der Waals surface area contributed by atoms with Crippen LogP contribution < -0.4 is 0 Å². The fourth-order valence-electron chi connectivity index (χ4n) is 0.202. The quantitative estimate of drug-likeness (QED) is 0.367. The monoisotopic (exact) mass is 200 g/mol. The molecule has 0 saturated carbocycles. The third kappa shape index (κ3) is 26.0. The fraction of sp³-hybridized carbons (Fsp3) is 0.667. The molecule has 0 fully saturated rings. The molecule has 0 bridgehead atoms. The summed E-state index contributed by atoms with van der Waals surface area (Å²) in [7, 11) is 0. The lowest BCUT2D eigenvalue weighted by atomic mass is 10.7. The molecule has 5 heteroatoms. The number of alkyl halides is 2. The van der Waals surface area contributed by atoms with Gasteiger partial charge in [-0.1, -0.05) is 0 Å². The van der Waals surface area contributed by atoms with Gasteiger partial charge in [-0.3, -0.25) is 9.59 Å². The second-order valence-corrected chi connectivity index (χ2v) is 2.22. The Morgan fingerprint density at radius 2 is 1.36 bits per heavy atom. The van der Waals surface area contributed by atoms with Crippen LogP contribution >= 0.6 is 23.2 Å². The summed E-state index contributed by atoms with van der Waals surface area (Å²) in [4.78, 5) is 19.6. The molecule has 11 heavy (non-hydrogen) atoms. The minimum atomic E-state index is -0.562. The molecule has 0 unspecified atom stereocenters. The molecule has 0 aromatic carbocycles. The Balaban J connectivity index is 0. The van der Waals surface area contributed by atoms with E-state index in [9.17, 15) is 9.59 Å². The number of esters is 2. The summed E-state index contributed by atoms with van der Waals surface area (Å²) in [6.45, 7) is 2.36. The maximum atomic E-state index is 9.81. The Morgan fingerprint density at radius 1 is 1.09 bits per heavy atom. The van der Waals surface area contributed by atoms with Gasteiger partial charge >= 0.3 is 11.9 Å². The highest BCUT2D eigenvalue weighted by Gasteiger charge is 1.93. The molecule has 0 saturated heterocycles. The highest BCUT2D eigenvalue weighted by Crippen LogP contribution is 1.75. The van der Waals surface area contributed by atoms with Crippen LogP contribution in [-0.2, 0) is 14.3 Å². The molecule has 0 aromatic heterocycles. The van der Waals surface area contributed by atoms with E-state index in [4.69, 9.17) is 23.2 Å². The lowest BCUT2D eigenvalue weighted by molar-refractivity contribution is -0.156. The molecule has 0 atom stereocenters. The predicted molar refractivity (Wildman–Crippen MR) is 43.9 cm³/mol. The molecular weight excluding hydrogens is 191 g/mol. The summed E-state index contributed by atoms with van der Waals surface area (Å²) in [5, 5.41) is 0. The van der Waals surface area contributed by atoms with Crippen molar-refractivity contribution >= 4 is 35.1 Å². The first-order valence-electron chi connectivity index (χ1n) is 2.85. The van der Waals surface area contributed by atoms with Gasteiger partial charge in [-0.15, -0.1) is 23.2 Å². The topological polar surface area (TPSA) is 43.4 Å². The van der Waals surface area contributed by atoms with Crippen molar-refractivity contribution in [3.05, 3.63) is 0 Å². The first-order chi connectivity index (χ1) is 5.04. The van der Waals surface area contributed by atoms with Gasteiger partial charge in [-0.05, 0) is 0 Å². The van der Waals surface area contributed by atoms with Gasteiger partial charge in [-0.2, -0.15) is 0 Å². The van der Waals surface area contributed by atoms with Crippen LogP contribution in [0.25, 0.3) is 0 Å². The molecule has 3 nitrogen and oxygen atoms in total. The molecule has 0 heterocycles. The van der Waals surface area contributed by atoms with E-state index in [1.165, 1.54) is 13.8 Å². The van der Waals surface area contributed by atoms with E-state index in [2.05, 4.69) is 4.74 Å². The molecule has 0 N–H and O–H groups in total. The van der Waals surface area contributed by atoms with Crippen LogP contribution in [0.15, 0.2) is 0 Å². The van der Waals surface area contributed by atoms with Gasteiger partial charge < -0.3 is 4.74 Å². The van der Waals surface area contributed by atoms with Crippen molar-refractivity contribution in [2.45, 2.75) is 13.8 Å².